The first kappa shape index (κ1) is 28.1. The Kier molecular flexibility index (Phi) is 9.39. The maximum atomic E-state index is 13.9. The van der Waals surface area contributed by atoms with Crippen LogP contribution in [0.5, 0.6) is 5.75 Å². The Balaban J connectivity index is 2.30. The fourth-order valence-corrected chi connectivity index (χ4v) is 3.08. The van der Waals surface area contributed by atoms with E-state index in [9.17, 15) is 27.2 Å². The van der Waals surface area contributed by atoms with Gasteiger partial charge >= 0.3 is 12.1 Å². The molecule has 0 aliphatic rings. The zero-order chi connectivity index (χ0) is 26.9. The van der Waals surface area contributed by atoms with Crippen molar-refractivity contribution in [3.05, 3.63) is 58.9 Å². The molecule has 0 saturated heterocycles. The number of ether oxygens (including phenoxy) is 2. The van der Waals surface area contributed by atoms with E-state index < -0.39 is 47.2 Å². The van der Waals surface area contributed by atoms with Crippen molar-refractivity contribution in [1.82, 2.24) is 0 Å². The number of carbonyl (C=O) groups excluding carboxylic acids is 2. The second-order valence-electron chi connectivity index (χ2n) is 8.03. The van der Waals surface area contributed by atoms with E-state index in [4.69, 9.17) is 20.0 Å². The molecule has 0 aliphatic heterocycles. The quantitative estimate of drug-likeness (QED) is 0.260. The van der Waals surface area contributed by atoms with Crippen LogP contribution in [0.15, 0.2) is 36.4 Å². The van der Waals surface area contributed by atoms with Crippen molar-refractivity contribution in [2.75, 3.05) is 11.9 Å². The van der Waals surface area contributed by atoms with Crippen LogP contribution in [-0.2, 0) is 20.5 Å². The molecule has 1 amide bonds. The number of carbonyl (C=O) groups is 2. The fraction of sp³-hybridized carbons (Fsp3) is 0.360. The van der Waals surface area contributed by atoms with Gasteiger partial charge in [-0.3, -0.25) is 9.59 Å². The lowest BCUT2D eigenvalue weighted by Gasteiger charge is -2.28. The minimum Gasteiger partial charge on any atom is -0.489 e. The smallest absolute Gasteiger partial charge is 0.417 e. The summed E-state index contributed by atoms with van der Waals surface area (Å²) >= 11 is 0. The van der Waals surface area contributed by atoms with Gasteiger partial charge in [0.2, 0.25) is 5.60 Å². The monoisotopic (exact) mass is 505 g/mol. The predicted octanol–water partition coefficient (Wildman–Crippen LogP) is 5.49. The maximum absolute atomic E-state index is 13.9. The van der Waals surface area contributed by atoms with Crippen LogP contribution in [0.2, 0.25) is 0 Å². The number of hydrogen-bond donors (Lipinski definition) is 1. The summed E-state index contributed by atoms with van der Waals surface area (Å²) in [5.74, 6) is -2.66. The van der Waals surface area contributed by atoms with Crippen LogP contribution in [0.4, 0.5) is 23.2 Å². The first-order valence-corrected chi connectivity index (χ1v) is 10.9. The molecule has 0 heterocycles. The van der Waals surface area contributed by atoms with Crippen molar-refractivity contribution in [1.29, 1.82) is 10.5 Å². The molecule has 1 atom stereocenters. The lowest BCUT2D eigenvalue weighted by molar-refractivity contribution is -0.167. The van der Waals surface area contributed by atoms with Gasteiger partial charge in [-0.2, -0.15) is 23.7 Å². The summed E-state index contributed by atoms with van der Waals surface area (Å²) in [6, 6.07) is 9.04. The molecule has 0 aliphatic carbocycles. The van der Waals surface area contributed by atoms with E-state index in [1.807, 2.05) is 6.92 Å². The summed E-state index contributed by atoms with van der Waals surface area (Å²) in [4.78, 5) is 25.4. The van der Waals surface area contributed by atoms with E-state index in [2.05, 4.69) is 5.32 Å². The number of nitrogens with one attached hydrogen (secondary N) is 1. The molecule has 36 heavy (non-hydrogen) atoms. The first-order valence-electron chi connectivity index (χ1n) is 10.9. The van der Waals surface area contributed by atoms with Gasteiger partial charge < -0.3 is 14.8 Å². The SMILES string of the molecule is CCCCCC(=O)O[C@@](C)(COc1ccc(C#N)c(F)c1)C(=O)Nc1ccc(C#N)c(C(F)(F)F)c1. The Bertz CT molecular complexity index is 1200. The summed E-state index contributed by atoms with van der Waals surface area (Å²) in [5, 5.41) is 20.1. The van der Waals surface area contributed by atoms with Crippen molar-refractivity contribution in [2.24, 2.45) is 0 Å². The Morgan fingerprint density at radius 3 is 2.28 bits per heavy atom. The number of unbranched alkanes of at least 4 members (excludes halogenated alkanes) is 2. The van der Waals surface area contributed by atoms with Gasteiger partial charge in [-0.25, -0.2) is 4.39 Å². The molecule has 1 N–H and O–H groups in total. The molecule has 2 aromatic rings. The topological polar surface area (TPSA) is 112 Å². The molecule has 0 bridgehead atoms. The highest BCUT2D eigenvalue weighted by atomic mass is 19.4. The summed E-state index contributed by atoms with van der Waals surface area (Å²) < 4.78 is 64.6. The minimum absolute atomic E-state index is 0.00269. The van der Waals surface area contributed by atoms with Crippen LogP contribution in [0.25, 0.3) is 0 Å². The van der Waals surface area contributed by atoms with E-state index in [1.165, 1.54) is 19.1 Å². The lowest BCUT2D eigenvalue weighted by Crippen LogP contribution is -2.49. The Hall–Kier alpha value is -4.12. The Morgan fingerprint density at radius 1 is 1.03 bits per heavy atom. The van der Waals surface area contributed by atoms with Crippen molar-refractivity contribution in [3.63, 3.8) is 0 Å². The zero-order valence-electron chi connectivity index (χ0n) is 19.5. The first-order chi connectivity index (χ1) is 16.9. The fourth-order valence-electron chi connectivity index (χ4n) is 3.08. The van der Waals surface area contributed by atoms with E-state index in [1.54, 1.807) is 6.07 Å². The van der Waals surface area contributed by atoms with Gasteiger partial charge in [0.15, 0.2) is 0 Å². The number of anilines is 1. The third-order valence-electron chi connectivity index (χ3n) is 5.08. The van der Waals surface area contributed by atoms with Crippen molar-refractivity contribution in [2.45, 2.75) is 51.3 Å². The summed E-state index contributed by atoms with van der Waals surface area (Å²) in [7, 11) is 0. The van der Waals surface area contributed by atoms with Gasteiger partial charge in [-0.1, -0.05) is 19.8 Å². The largest absolute Gasteiger partial charge is 0.489 e. The number of hydrogen-bond acceptors (Lipinski definition) is 6. The number of rotatable bonds is 10. The van der Waals surface area contributed by atoms with Gasteiger partial charge in [-0.05, 0) is 43.7 Å². The van der Waals surface area contributed by atoms with E-state index in [0.717, 1.165) is 37.1 Å². The van der Waals surface area contributed by atoms with E-state index in [-0.39, 0.29) is 23.4 Å². The molecule has 7 nitrogen and oxygen atoms in total. The number of halogens is 4. The zero-order valence-corrected chi connectivity index (χ0v) is 19.5. The molecular formula is C25H23F4N3O4. The number of alkyl halides is 3. The molecule has 0 saturated carbocycles. The number of nitrogens with zero attached hydrogens (tertiary/aromatic N) is 2. The van der Waals surface area contributed by atoms with Crippen LogP contribution >= 0.6 is 0 Å². The molecule has 0 radical (unpaired) electrons. The minimum atomic E-state index is -4.84. The predicted molar refractivity (Wildman–Crippen MR) is 120 cm³/mol. The summed E-state index contributed by atoms with van der Waals surface area (Å²) in [6.45, 7) is 2.53. The van der Waals surface area contributed by atoms with Crippen molar-refractivity contribution in [3.8, 4) is 17.9 Å². The molecule has 0 fully saturated rings. The average Bonchev–Trinajstić information content (AvgIpc) is 2.82. The van der Waals surface area contributed by atoms with E-state index >= 15 is 0 Å². The number of amides is 1. The molecule has 11 heteroatoms. The van der Waals surface area contributed by atoms with Gasteiger partial charge in [0, 0.05) is 18.2 Å². The molecule has 190 valence electrons. The highest BCUT2D eigenvalue weighted by Gasteiger charge is 2.40. The molecule has 2 rings (SSSR count). The third-order valence-corrected chi connectivity index (χ3v) is 5.08. The van der Waals surface area contributed by atoms with Crippen molar-refractivity contribution >= 4 is 17.6 Å². The lowest BCUT2D eigenvalue weighted by atomic mass is 10.0. The third kappa shape index (κ3) is 7.44. The Labute approximate surface area is 205 Å². The second-order valence-corrected chi connectivity index (χ2v) is 8.03. The van der Waals surface area contributed by atoms with Gasteiger partial charge in [-0.15, -0.1) is 0 Å². The standard InChI is InChI=1S/C25H23F4N3O4/c1-3-4-5-6-22(33)36-24(2,15-35-19-10-8-17(14-31)21(26)12-19)23(34)32-18-9-7-16(13-30)20(11-18)25(27,28)29/h7-12H,3-6,15H2,1-2H3,(H,32,34)/t24-/m0/s1. The van der Waals surface area contributed by atoms with Crippen LogP contribution in [0.3, 0.4) is 0 Å². The number of esters is 1. The number of nitriles is 2. The van der Waals surface area contributed by atoms with Crippen molar-refractivity contribution < 1.29 is 36.6 Å². The molecule has 2 aromatic carbocycles. The van der Waals surface area contributed by atoms with Crippen LogP contribution in [0, 0.1) is 28.5 Å². The molecule has 0 unspecified atom stereocenters. The van der Waals surface area contributed by atoms with Crippen LogP contribution in [-0.4, -0.2) is 24.1 Å². The highest BCUT2D eigenvalue weighted by Crippen LogP contribution is 2.34. The molecule has 0 aromatic heterocycles. The van der Waals surface area contributed by atoms with Gasteiger partial charge in [0.05, 0.1) is 22.8 Å². The number of benzene rings is 2. The normalized spacial score (nSPS) is 12.6. The maximum Gasteiger partial charge on any atom is 0.417 e. The van der Waals surface area contributed by atoms with Crippen LogP contribution in [0.1, 0.15) is 56.2 Å². The molecule has 0 spiro atoms. The van der Waals surface area contributed by atoms with Gasteiger partial charge in [0.1, 0.15) is 24.2 Å². The highest BCUT2D eigenvalue weighted by molar-refractivity contribution is 5.98. The van der Waals surface area contributed by atoms with Gasteiger partial charge in [0.25, 0.3) is 5.91 Å². The molecular weight excluding hydrogens is 482 g/mol. The summed E-state index contributed by atoms with van der Waals surface area (Å²) in [5.41, 5.74) is -4.40. The average molecular weight is 505 g/mol. The summed E-state index contributed by atoms with van der Waals surface area (Å²) in [6.07, 6.45) is -2.77. The van der Waals surface area contributed by atoms with E-state index in [0.29, 0.717) is 12.5 Å². The second kappa shape index (κ2) is 12.0. The Morgan fingerprint density at radius 2 is 1.69 bits per heavy atom. The van der Waals surface area contributed by atoms with Crippen LogP contribution < -0.4 is 10.1 Å².